The summed E-state index contributed by atoms with van der Waals surface area (Å²) in [5, 5.41) is 11.1. The van der Waals surface area contributed by atoms with Crippen LogP contribution in [0.2, 0.25) is 5.02 Å². The number of rotatable bonds is 2. The zero-order valence-electron chi connectivity index (χ0n) is 17.2. The molecule has 0 aromatic heterocycles. The molecule has 0 saturated heterocycles. The molecule has 0 amide bonds. The summed E-state index contributed by atoms with van der Waals surface area (Å²) >= 11 is 6.28. The number of phenols is 1. The highest BCUT2D eigenvalue weighted by atomic mass is 35.5. The molecule has 0 saturated carbocycles. The molecule has 1 heterocycles. The predicted octanol–water partition coefficient (Wildman–Crippen LogP) is 4.32. The van der Waals surface area contributed by atoms with Crippen molar-refractivity contribution >= 4 is 43.0 Å². The number of nitrogens with zero attached hydrogens (tertiary/aromatic N) is 1. The number of sulfone groups is 1. The summed E-state index contributed by atoms with van der Waals surface area (Å²) < 4.78 is 89.6. The molecule has 13 heteroatoms. The molecule has 32 heavy (non-hydrogen) atoms. The minimum Gasteiger partial charge on any atom is -0.507 e. The standard InChI is InChI=1S/C19H18ClF3N2O5S2/c1-9-12(20)8-11(18(2,3)4)16(26)15(9)17-24-13-6-5-10(31(27,28)19(21,22)23)7-14(13)32(29,30)25-17/h5-8,26H,1-4H3,(H,24,25). The Morgan fingerprint density at radius 2 is 1.72 bits per heavy atom. The number of fused-ring (bicyclic) bond motifs is 1. The van der Waals surface area contributed by atoms with Gasteiger partial charge in [-0.2, -0.15) is 13.2 Å². The number of benzene rings is 2. The van der Waals surface area contributed by atoms with Gasteiger partial charge in [0.25, 0.3) is 19.9 Å². The molecular formula is C19H18ClF3N2O5S2. The average Bonchev–Trinajstić information content (AvgIpc) is 2.62. The van der Waals surface area contributed by atoms with Gasteiger partial charge in [-0.3, -0.25) is 4.72 Å². The lowest BCUT2D eigenvalue weighted by atomic mass is 9.84. The monoisotopic (exact) mass is 510 g/mol. The maximum Gasteiger partial charge on any atom is 0.501 e. The molecule has 1 aliphatic heterocycles. The summed E-state index contributed by atoms with van der Waals surface area (Å²) in [6.45, 7) is 6.96. The first-order valence-corrected chi connectivity index (χ1v) is 12.3. The number of aliphatic imine (C=N–C) groups is 1. The fourth-order valence-corrected chi connectivity index (χ4v) is 5.38. The number of halogens is 4. The molecule has 0 atom stereocenters. The van der Waals surface area contributed by atoms with Crippen molar-refractivity contribution < 1.29 is 35.1 Å². The van der Waals surface area contributed by atoms with Gasteiger partial charge in [-0.1, -0.05) is 32.4 Å². The van der Waals surface area contributed by atoms with Crippen molar-refractivity contribution in [2.75, 3.05) is 0 Å². The molecule has 0 unspecified atom stereocenters. The Balaban J connectivity index is 2.28. The van der Waals surface area contributed by atoms with Crippen LogP contribution in [0.3, 0.4) is 0 Å². The zero-order valence-corrected chi connectivity index (χ0v) is 19.6. The summed E-state index contributed by atoms with van der Waals surface area (Å²) in [5.41, 5.74) is -5.72. The van der Waals surface area contributed by atoms with Crippen LogP contribution in [0.25, 0.3) is 0 Å². The van der Waals surface area contributed by atoms with Gasteiger partial charge < -0.3 is 5.11 Å². The molecule has 1 aliphatic rings. The van der Waals surface area contributed by atoms with Gasteiger partial charge in [0.15, 0.2) is 5.84 Å². The van der Waals surface area contributed by atoms with E-state index in [1.54, 1.807) is 6.07 Å². The minimum atomic E-state index is -5.76. The maximum absolute atomic E-state index is 12.9. The van der Waals surface area contributed by atoms with Gasteiger partial charge >= 0.3 is 5.51 Å². The quantitative estimate of drug-likeness (QED) is 0.625. The van der Waals surface area contributed by atoms with Crippen LogP contribution >= 0.6 is 11.6 Å². The molecular weight excluding hydrogens is 493 g/mol. The molecule has 2 aromatic carbocycles. The lowest BCUT2D eigenvalue weighted by molar-refractivity contribution is -0.0436. The van der Waals surface area contributed by atoms with E-state index in [1.165, 1.54) is 6.92 Å². The van der Waals surface area contributed by atoms with Crippen molar-refractivity contribution in [3.05, 3.63) is 46.0 Å². The number of phenolic OH excluding ortho intramolecular Hbond substituents is 1. The Bertz CT molecular complexity index is 1380. The summed E-state index contributed by atoms with van der Waals surface area (Å²) in [7, 11) is -10.3. The zero-order chi connectivity index (χ0) is 24.4. The second-order valence-electron chi connectivity index (χ2n) is 8.15. The van der Waals surface area contributed by atoms with Gasteiger partial charge in [-0.05, 0) is 42.2 Å². The van der Waals surface area contributed by atoms with Gasteiger partial charge in [0, 0.05) is 10.6 Å². The van der Waals surface area contributed by atoms with E-state index in [2.05, 4.69) is 9.71 Å². The van der Waals surface area contributed by atoms with E-state index in [9.17, 15) is 35.1 Å². The van der Waals surface area contributed by atoms with Crippen LogP contribution in [0, 0.1) is 6.92 Å². The smallest absolute Gasteiger partial charge is 0.501 e. The Labute approximate surface area is 187 Å². The normalized spacial score (nSPS) is 16.2. The second kappa shape index (κ2) is 7.35. The number of alkyl halides is 3. The number of amidine groups is 1. The minimum absolute atomic E-state index is 0.00337. The van der Waals surface area contributed by atoms with E-state index < -0.39 is 40.6 Å². The summed E-state index contributed by atoms with van der Waals surface area (Å²) in [4.78, 5) is 2.13. The maximum atomic E-state index is 12.9. The van der Waals surface area contributed by atoms with Gasteiger partial charge in [0.2, 0.25) is 0 Å². The molecule has 3 rings (SSSR count). The summed E-state index contributed by atoms with van der Waals surface area (Å²) in [6, 6.07) is 3.42. The third-order valence-electron chi connectivity index (χ3n) is 4.84. The van der Waals surface area contributed by atoms with Crippen molar-refractivity contribution in [2.24, 2.45) is 4.99 Å². The summed E-state index contributed by atoms with van der Waals surface area (Å²) in [5.74, 6) is -0.563. The molecule has 2 aromatic rings. The SMILES string of the molecule is Cc1c(Cl)cc(C(C)(C)C)c(O)c1C1=Nc2ccc(S(=O)(=O)C(F)(F)F)cc2S(=O)(=O)N1. The van der Waals surface area contributed by atoms with Gasteiger partial charge in [-0.25, -0.2) is 21.8 Å². The number of aromatic hydroxyl groups is 1. The van der Waals surface area contributed by atoms with E-state index in [0.717, 1.165) is 6.07 Å². The van der Waals surface area contributed by atoms with E-state index in [4.69, 9.17) is 11.6 Å². The van der Waals surface area contributed by atoms with Crippen LogP contribution in [-0.4, -0.2) is 33.3 Å². The number of sulfonamides is 1. The Kier molecular flexibility index (Phi) is 5.59. The first kappa shape index (κ1) is 24.3. The first-order valence-electron chi connectivity index (χ1n) is 8.98. The van der Waals surface area contributed by atoms with Crippen molar-refractivity contribution in [1.29, 1.82) is 0 Å². The van der Waals surface area contributed by atoms with Crippen molar-refractivity contribution in [3.63, 3.8) is 0 Å². The fourth-order valence-electron chi connectivity index (χ4n) is 3.13. The molecule has 174 valence electrons. The Morgan fingerprint density at radius 3 is 2.25 bits per heavy atom. The van der Waals surface area contributed by atoms with Crippen molar-refractivity contribution in [1.82, 2.24) is 4.72 Å². The van der Waals surface area contributed by atoms with E-state index in [-0.39, 0.29) is 27.9 Å². The Morgan fingerprint density at radius 1 is 1.12 bits per heavy atom. The second-order valence-corrected chi connectivity index (χ2v) is 12.1. The lowest BCUT2D eigenvalue weighted by Gasteiger charge is -2.26. The van der Waals surface area contributed by atoms with E-state index >= 15 is 0 Å². The molecule has 0 bridgehead atoms. The van der Waals surface area contributed by atoms with Crippen LogP contribution in [0.15, 0.2) is 39.0 Å². The highest BCUT2D eigenvalue weighted by Gasteiger charge is 2.47. The lowest BCUT2D eigenvalue weighted by Crippen LogP contribution is -2.35. The van der Waals surface area contributed by atoms with Crippen LogP contribution in [0.1, 0.15) is 37.5 Å². The molecule has 0 fully saturated rings. The van der Waals surface area contributed by atoms with Crippen LogP contribution in [-0.2, 0) is 25.3 Å². The third-order valence-corrected chi connectivity index (χ3v) is 8.08. The van der Waals surface area contributed by atoms with E-state index in [0.29, 0.717) is 23.3 Å². The number of nitrogens with one attached hydrogen (secondary N) is 1. The van der Waals surface area contributed by atoms with Gasteiger partial charge in [0.05, 0.1) is 16.1 Å². The number of hydrogen-bond donors (Lipinski definition) is 2. The molecule has 0 aliphatic carbocycles. The molecule has 0 spiro atoms. The fraction of sp³-hybridized carbons (Fsp3) is 0.316. The van der Waals surface area contributed by atoms with Crippen LogP contribution in [0.4, 0.5) is 18.9 Å². The van der Waals surface area contributed by atoms with Crippen LogP contribution in [0.5, 0.6) is 5.75 Å². The first-order chi connectivity index (χ1) is 14.4. The predicted molar refractivity (Wildman–Crippen MR) is 113 cm³/mol. The largest absolute Gasteiger partial charge is 0.507 e. The molecule has 7 nitrogen and oxygen atoms in total. The highest BCUT2D eigenvalue weighted by Crippen LogP contribution is 2.41. The Hall–Kier alpha value is -2.31. The summed E-state index contributed by atoms with van der Waals surface area (Å²) in [6.07, 6.45) is 0. The van der Waals surface area contributed by atoms with Gasteiger partial charge in [0.1, 0.15) is 10.6 Å². The highest BCUT2D eigenvalue weighted by molar-refractivity contribution is 7.92. The average molecular weight is 511 g/mol. The third kappa shape index (κ3) is 3.95. The molecule has 2 N–H and O–H groups in total. The van der Waals surface area contributed by atoms with Crippen molar-refractivity contribution in [3.8, 4) is 5.75 Å². The number of hydrogen-bond acceptors (Lipinski definition) is 6. The van der Waals surface area contributed by atoms with E-state index in [1.807, 2.05) is 20.8 Å². The topological polar surface area (TPSA) is 113 Å². The van der Waals surface area contributed by atoms with Gasteiger partial charge in [-0.15, -0.1) is 0 Å². The molecule has 0 radical (unpaired) electrons. The van der Waals surface area contributed by atoms with Crippen molar-refractivity contribution in [2.45, 2.75) is 48.4 Å². The van der Waals surface area contributed by atoms with Crippen LogP contribution < -0.4 is 4.72 Å².